The summed E-state index contributed by atoms with van der Waals surface area (Å²) >= 11 is 0. The lowest BCUT2D eigenvalue weighted by atomic mass is 10.1. The Bertz CT molecular complexity index is 1110. The largest absolute Gasteiger partial charge is 0.426 e. The van der Waals surface area contributed by atoms with Crippen molar-refractivity contribution in [2.45, 2.75) is 4.90 Å². The zero-order valence-electron chi connectivity index (χ0n) is 13.9. The van der Waals surface area contributed by atoms with Crippen LogP contribution < -0.4 is 10.5 Å². The summed E-state index contributed by atoms with van der Waals surface area (Å²) in [4.78, 5) is 0.786. The Morgan fingerprint density at radius 3 is 2.38 bits per heavy atom. The SMILES string of the molecule is [B]N(C)c1cc(N)c(S(=O)(=O)O)cc1N=Nc1ccc2ccccc2c1. The minimum absolute atomic E-state index is 0.135. The number of nitrogens with zero attached hydrogens (tertiary/aromatic N) is 3. The quantitative estimate of drug-likeness (QED) is 0.317. The minimum Gasteiger partial charge on any atom is -0.426 e. The first-order valence-electron chi connectivity index (χ1n) is 7.56. The molecule has 26 heavy (non-hydrogen) atoms. The van der Waals surface area contributed by atoms with Crippen molar-refractivity contribution in [3.8, 4) is 0 Å². The van der Waals surface area contributed by atoms with E-state index in [1.54, 1.807) is 13.1 Å². The lowest BCUT2D eigenvalue weighted by molar-refractivity contribution is 0.483. The van der Waals surface area contributed by atoms with E-state index in [-0.39, 0.29) is 11.4 Å². The fourth-order valence-corrected chi connectivity index (χ4v) is 3.13. The number of fused-ring (bicyclic) bond motifs is 1. The highest BCUT2D eigenvalue weighted by molar-refractivity contribution is 7.86. The van der Waals surface area contributed by atoms with Gasteiger partial charge in [0, 0.05) is 0 Å². The molecule has 0 aliphatic heterocycles. The molecule has 3 aromatic rings. The zero-order valence-corrected chi connectivity index (χ0v) is 14.7. The Kier molecular flexibility index (Phi) is 4.67. The van der Waals surface area contributed by atoms with E-state index in [0.717, 1.165) is 16.8 Å². The van der Waals surface area contributed by atoms with E-state index >= 15 is 0 Å². The molecule has 3 rings (SSSR count). The van der Waals surface area contributed by atoms with Crippen molar-refractivity contribution in [3.05, 3.63) is 54.6 Å². The maximum absolute atomic E-state index is 11.5. The van der Waals surface area contributed by atoms with Crippen LogP contribution in [0, 0.1) is 0 Å². The van der Waals surface area contributed by atoms with E-state index in [9.17, 15) is 13.0 Å². The second-order valence-electron chi connectivity index (χ2n) is 5.70. The van der Waals surface area contributed by atoms with Crippen LogP contribution in [-0.4, -0.2) is 28.0 Å². The van der Waals surface area contributed by atoms with E-state index in [1.165, 1.54) is 10.9 Å². The molecule has 0 saturated carbocycles. The number of anilines is 2. The molecular weight excluding hydrogens is 351 g/mol. The summed E-state index contributed by atoms with van der Waals surface area (Å²) < 4.78 is 32.2. The molecule has 3 N–H and O–H groups in total. The van der Waals surface area contributed by atoms with Crippen molar-refractivity contribution in [1.82, 2.24) is 0 Å². The molecular formula is C17H15BN4O3S. The van der Waals surface area contributed by atoms with Gasteiger partial charge in [0.25, 0.3) is 10.1 Å². The van der Waals surface area contributed by atoms with Crippen molar-refractivity contribution in [2.24, 2.45) is 10.2 Å². The number of azo groups is 1. The van der Waals surface area contributed by atoms with Crippen molar-refractivity contribution in [3.63, 3.8) is 0 Å². The fraction of sp³-hybridized carbons (Fsp3) is 0.0588. The molecule has 9 heteroatoms. The van der Waals surface area contributed by atoms with Gasteiger partial charge in [-0.15, -0.1) is 5.11 Å². The van der Waals surface area contributed by atoms with E-state index in [1.807, 2.05) is 36.4 Å². The Morgan fingerprint density at radius 1 is 1.04 bits per heavy atom. The normalized spacial score (nSPS) is 11.9. The molecule has 0 atom stereocenters. The molecule has 3 aromatic carbocycles. The Balaban J connectivity index is 2.07. The lowest BCUT2D eigenvalue weighted by Crippen LogP contribution is -2.13. The van der Waals surface area contributed by atoms with E-state index in [0.29, 0.717) is 11.4 Å². The van der Waals surface area contributed by atoms with Gasteiger partial charge in [-0.05, 0) is 42.1 Å². The van der Waals surface area contributed by atoms with E-state index in [2.05, 4.69) is 10.2 Å². The molecule has 0 saturated heterocycles. The molecule has 0 heterocycles. The number of hydrogen-bond donors (Lipinski definition) is 2. The van der Waals surface area contributed by atoms with Crippen LogP contribution in [0.4, 0.5) is 22.7 Å². The molecule has 130 valence electrons. The smallest absolute Gasteiger partial charge is 0.296 e. The van der Waals surface area contributed by atoms with Crippen LogP contribution in [0.25, 0.3) is 10.8 Å². The highest BCUT2D eigenvalue weighted by Gasteiger charge is 2.18. The summed E-state index contributed by atoms with van der Waals surface area (Å²) in [5.74, 6) is 0. The van der Waals surface area contributed by atoms with Gasteiger partial charge in [0.1, 0.15) is 10.6 Å². The van der Waals surface area contributed by atoms with Crippen LogP contribution >= 0.6 is 0 Å². The van der Waals surface area contributed by atoms with Gasteiger partial charge < -0.3 is 10.5 Å². The van der Waals surface area contributed by atoms with Gasteiger partial charge in [0.2, 0.25) is 7.98 Å². The second-order valence-corrected chi connectivity index (χ2v) is 7.09. The molecule has 0 bridgehead atoms. The summed E-state index contributed by atoms with van der Waals surface area (Å²) in [6, 6.07) is 15.8. The molecule has 0 spiro atoms. The van der Waals surface area contributed by atoms with Crippen LogP contribution in [0.15, 0.2) is 69.7 Å². The summed E-state index contributed by atoms with van der Waals surface area (Å²) in [6.07, 6.45) is 0. The first kappa shape index (κ1) is 17.9. The maximum Gasteiger partial charge on any atom is 0.296 e. The standard InChI is InChI=1S/C17H15BN4O3S/c1-22(18)16-9-14(19)17(26(23,24)25)10-15(16)21-20-13-7-6-11-4-2-3-5-12(11)8-13/h2-10H,19H2,1H3,(H,23,24,25). The lowest BCUT2D eigenvalue weighted by Gasteiger charge is -2.17. The molecule has 0 amide bonds. The number of hydrogen-bond acceptors (Lipinski definition) is 6. The molecule has 0 aliphatic rings. The molecule has 0 unspecified atom stereocenters. The predicted molar refractivity (Wildman–Crippen MR) is 103 cm³/mol. The molecule has 7 nitrogen and oxygen atoms in total. The predicted octanol–water partition coefficient (Wildman–Crippen LogP) is 3.60. The van der Waals surface area contributed by atoms with E-state index in [4.69, 9.17) is 13.7 Å². The highest BCUT2D eigenvalue weighted by atomic mass is 32.2. The number of nitrogens with two attached hydrogens (primary N) is 1. The van der Waals surface area contributed by atoms with Crippen molar-refractivity contribution in [1.29, 1.82) is 0 Å². The topological polar surface area (TPSA) is 108 Å². The van der Waals surface area contributed by atoms with Crippen LogP contribution in [0.1, 0.15) is 0 Å². The summed E-state index contributed by atoms with van der Waals surface area (Å²) in [5, 5.41) is 10.3. The van der Waals surface area contributed by atoms with Crippen molar-refractivity contribution < 1.29 is 13.0 Å². The van der Waals surface area contributed by atoms with E-state index < -0.39 is 15.0 Å². The third kappa shape index (κ3) is 3.68. The van der Waals surface area contributed by atoms with Gasteiger partial charge in [-0.25, -0.2) is 0 Å². The Hall–Kier alpha value is -2.91. The van der Waals surface area contributed by atoms with Crippen molar-refractivity contribution in [2.75, 3.05) is 17.6 Å². The van der Waals surface area contributed by atoms with Gasteiger partial charge in [-0.3, -0.25) is 4.55 Å². The average Bonchev–Trinajstić information content (AvgIpc) is 2.59. The van der Waals surface area contributed by atoms with Gasteiger partial charge in [0.05, 0.1) is 17.1 Å². The van der Waals surface area contributed by atoms with Gasteiger partial charge >= 0.3 is 0 Å². The monoisotopic (exact) mass is 366 g/mol. The summed E-state index contributed by atoms with van der Waals surface area (Å²) in [7, 11) is 2.81. The van der Waals surface area contributed by atoms with Crippen molar-refractivity contribution >= 4 is 51.6 Å². The first-order chi connectivity index (χ1) is 12.3. The zero-order chi connectivity index (χ0) is 18.9. The molecule has 0 fully saturated rings. The maximum atomic E-state index is 11.5. The average molecular weight is 366 g/mol. The van der Waals surface area contributed by atoms with Crippen LogP contribution in [0.3, 0.4) is 0 Å². The molecule has 2 radical (unpaired) electrons. The second kappa shape index (κ2) is 6.78. The number of benzene rings is 3. The Morgan fingerprint density at radius 2 is 1.73 bits per heavy atom. The number of rotatable bonds is 4. The summed E-state index contributed by atoms with van der Waals surface area (Å²) in [6.45, 7) is 0. The minimum atomic E-state index is -4.50. The fourth-order valence-electron chi connectivity index (χ4n) is 2.51. The third-order valence-electron chi connectivity index (χ3n) is 3.77. The van der Waals surface area contributed by atoms with Crippen LogP contribution in [0.5, 0.6) is 0 Å². The molecule has 0 aliphatic carbocycles. The first-order valence-corrected chi connectivity index (χ1v) is 9.00. The van der Waals surface area contributed by atoms with Gasteiger partial charge in [0.15, 0.2) is 0 Å². The number of nitrogen functional groups attached to an aromatic ring is 1. The van der Waals surface area contributed by atoms with Crippen LogP contribution in [-0.2, 0) is 10.1 Å². The summed E-state index contributed by atoms with van der Waals surface area (Å²) in [5.41, 5.74) is 6.66. The highest BCUT2D eigenvalue weighted by Crippen LogP contribution is 2.35. The molecule has 0 aromatic heterocycles. The Labute approximate surface area is 152 Å². The van der Waals surface area contributed by atoms with Gasteiger partial charge in [-0.2, -0.15) is 13.5 Å². The third-order valence-corrected chi connectivity index (χ3v) is 4.68. The van der Waals surface area contributed by atoms with Gasteiger partial charge in [-0.1, -0.05) is 30.3 Å². The van der Waals surface area contributed by atoms with Crippen LogP contribution in [0.2, 0.25) is 0 Å².